The van der Waals surface area contributed by atoms with E-state index in [1.807, 2.05) is 0 Å². The molecule has 0 bridgehead atoms. The molecule has 1 fully saturated rings. The predicted molar refractivity (Wildman–Crippen MR) is 56.3 cm³/mol. The molecule has 19 heavy (non-hydrogen) atoms. The standard InChI is InChI=1S/C12H9F3O4/c13-12(14,15)6-1-3-7(4-2-6)19-11(18)9-5-8(9)10(16)17/h1-4,8-9H,5H2,(H,16,17). The normalized spacial score (nSPS) is 21.8. The minimum atomic E-state index is -4.45. The fourth-order valence-corrected chi connectivity index (χ4v) is 1.63. The van der Waals surface area contributed by atoms with Gasteiger partial charge in [0, 0.05) is 0 Å². The lowest BCUT2D eigenvalue weighted by atomic mass is 10.2. The second-order valence-electron chi connectivity index (χ2n) is 4.23. The number of ether oxygens (including phenoxy) is 1. The van der Waals surface area contributed by atoms with Crippen LogP contribution in [0.3, 0.4) is 0 Å². The molecule has 0 heterocycles. The molecule has 0 aliphatic heterocycles. The number of carboxylic acid groups (broad SMARTS) is 1. The molecule has 2 unspecified atom stereocenters. The topological polar surface area (TPSA) is 63.6 Å². The van der Waals surface area contributed by atoms with Crippen LogP contribution in [0.25, 0.3) is 0 Å². The van der Waals surface area contributed by atoms with E-state index in [1.54, 1.807) is 0 Å². The number of halogens is 3. The minimum Gasteiger partial charge on any atom is -0.481 e. The number of carboxylic acids is 1. The van der Waals surface area contributed by atoms with Gasteiger partial charge >= 0.3 is 18.1 Å². The third-order valence-electron chi connectivity index (χ3n) is 2.81. The summed E-state index contributed by atoms with van der Waals surface area (Å²) in [5, 5.41) is 8.63. The van der Waals surface area contributed by atoms with Crippen molar-refractivity contribution >= 4 is 11.9 Å². The predicted octanol–water partition coefficient (Wildman–Crippen LogP) is 2.33. The molecule has 1 aromatic rings. The first-order valence-corrected chi connectivity index (χ1v) is 5.41. The Morgan fingerprint density at radius 2 is 1.74 bits per heavy atom. The Labute approximate surface area is 105 Å². The molecule has 0 aromatic heterocycles. The van der Waals surface area contributed by atoms with E-state index < -0.39 is 35.5 Å². The Kier molecular flexibility index (Phi) is 3.21. The number of carbonyl (C=O) groups excluding carboxylic acids is 1. The lowest BCUT2D eigenvalue weighted by Gasteiger charge is -2.07. The van der Waals surface area contributed by atoms with Gasteiger partial charge in [-0.3, -0.25) is 9.59 Å². The molecule has 1 saturated carbocycles. The Morgan fingerprint density at radius 1 is 1.16 bits per heavy atom. The Morgan fingerprint density at radius 3 is 2.16 bits per heavy atom. The van der Waals surface area contributed by atoms with E-state index in [2.05, 4.69) is 0 Å². The van der Waals surface area contributed by atoms with Crippen LogP contribution in [0.4, 0.5) is 13.2 Å². The van der Waals surface area contributed by atoms with E-state index in [1.165, 1.54) is 0 Å². The van der Waals surface area contributed by atoms with Crippen LogP contribution in [0, 0.1) is 11.8 Å². The molecular weight excluding hydrogens is 265 g/mol. The molecule has 0 saturated heterocycles. The largest absolute Gasteiger partial charge is 0.481 e. The van der Waals surface area contributed by atoms with Crippen molar-refractivity contribution in [1.29, 1.82) is 0 Å². The molecule has 2 atom stereocenters. The van der Waals surface area contributed by atoms with Gasteiger partial charge in [-0.1, -0.05) is 0 Å². The maximum atomic E-state index is 12.3. The van der Waals surface area contributed by atoms with E-state index in [9.17, 15) is 22.8 Å². The second-order valence-corrected chi connectivity index (χ2v) is 4.23. The molecule has 1 aliphatic rings. The van der Waals surface area contributed by atoms with Crippen molar-refractivity contribution in [3.8, 4) is 5.75 Å². The summed E-state index contributed by atoms with van der Waals surface area (Å²) in [7, 11) is 0. The highest BCUT2D eigenvalue weighted by molar-refractivity contribution is 5.87. The van der Waals surface area contributed by atoms with Crippen LogP contribution >= 0.6 is 0 Å². The van der Waals surface area contributed by atoms with Crippen molar-refractivity contribution < 1.29 is 32.6 Å². The molecule has 0 amide bonds. The van der Waals surface area contributed by atoms with Crippen LogP contribution in [0.2, 0.25) is 0 Å². The molecule has 1 N–H and O–H groups in total. The van der Waals surface area contributed by atoms with Gasteiger partial charge in [0.25, 0.3) is 0 Å². The maximum Gasteiger partial charge on any atom is 0.416 e. The van der Waals surface area contributed by atoms with Gasteiger partial charge in [-0.15, -0.1) is 0 Å². The fourth-order valence-electron chi connectivity index (χ4n) is 1.63. The van der Waals surface area contributed by atoms with E-state index in [0.29, 0.717) is 0 Å². The number of esters is 1. The van der Waals surface area contributed by atoms with Gasteiger partial charge < -0.3 is 9.84 Å². The number of hydrogen-bond acceptors (Lipinski definition) is 3. The molecule has 1 aliphatic carbocycles. The van der Waals surface area contributed by atoms with Crippen molar-refractivity contribution in [3.63, 3.8) is 0 Å². The third-order valence-corrected chi connectivity index (χ3v) is 2.81. The molecule has 7 heteroatoms. The van der Waals surface area contributed by atoms with Gasteiger partial charge in [0.2, 0.25) is 0 Å². The number of carbonyl (C=O) groups is 2. The van der Waals surface area contributed by atoms with Crippen molar-refractivity contribution in [2.24, 2.45) is 11.8 Å². The first kappa shape index (κ1) is 13.4. The van der Waals surface area contributed by atoms with E-state index in [-0.39, 0.29) is 12.2 Å². The van der Waals surface area contributed by atoms with Gasteiger partial charge in [0.1, 0.15) is 5.75 Å². The summed E-state index contributed by atoms with van der Waals surface area (Å²) in [4.78, 5) is 22.0. The number of rotatable bonds is 3. The van der Waals surface area contributed by atoms with Crippen LogP contribution in [-0.2, 0) is 15.8 Å². The summed E-state index contributed by atoms with van der Waals surface area (Å²) in [6, 6.07) is 3.64. The molecule has 4 nitrogen and oxygen atoms in total. The second kappa shape index (κ2) is 4.56. The monoisotopic (exact) mass is 274 g/mol. The molecule has 0 radical (unpaired) electrons. The van der Waals surface area contributed by atoms with Gasteiger partial charge in [-0.25, -0.2) is 0 Å². The van der Waals surface area contributed by atoms with Gasteiger partial charge in [0.15, 0.2) is 0 Å². The first-order chi connectivity index (χ1) is 8.79. The molecule has 2 rings (SSSR count). The zero-order chi connectivity index (χ0) is 14.2. The Bertz CT molecular complexity index is 507. The summed E-state index contributed by atoms with van der Waals surface area (Å²) in [6.45, 7) is 0. The zero-order valence-corrected chi connectivity index (χ0v) is 9.48. The van der Waals surface area contributed by atoms with Crippen molar-refractivity contribution in [2.75, 3.05) is 0 Å². The van der Waals surface area contributed by atoms with Crippen LogP contribution < -0.4 is 4.74 Å². The minimum absolute atomic E-state index is 0.0333. The highest BCUT2D eigenvalue weighted by Gasteiger charge is 2.49. The SMILES string of the molecule is O=C(O)C1CC1C(=O)Oc1ccc(C(F)(F)F)cc1. The summed E-state index contributed by atoms with van der Waals surface area (Å²) < 4.78 is 41.7. The first-order valence-electron chi connectivity index (χ1n) is 5.41. The summed E-state index contributed by atoms with van der Waals surface area (Å²) in [5.41, 5.74) is -0.845. The summed E-state index contributed by atoms with van der Waals surface area (Å²) in [5.74, 6) is -3.29. The molecular formula is C12H9F3O4. The van der Waals surface area contributed by atoms with Gasteiger partial charge in [-0.2, -0.15) is 13.2 Å². The van der Waals surface area contributed by atoms with Crippen LogP contribution in [0.1, 0.15) is 12.0 Å². The highest BCUT2D eigenvalue weighted by Crippen LogP contribution is 2.40. The van der Waals surface area contributed by atoms with Crippen molar-refractivity contribution in [2.45, 2.75) is 12.6 Å². The van der Waals surface area contributed by atoms with E-state index in [0.717, 1.165) is 24.3 Å². The summed E-state index contributed by atoms with van der Waals surface area (Å²) >= 11 is 0. The average molecular weight is 274 g/mol. The number of benzene rings is 1. The fraction of sp³-hybridized carbons (Fsp3) is 0.333. The van der Waals surface area contributed by atoms with Gasteiger partial charge in [0.05, 0.1) is 17.4 Å². The Balaban J connectivity index is 1.97. The maximum absolute atomic E-state index is 12.3. The number of aliphatic carboxylic acids is 1. The third kappa shape index (κ3) is 3.04. The highest BCUT2D eigenvalue weighted by atomic mass is 19.4. The smallest absolute Gasteiger partial charge is 0.416 e. The quantitative estimate of drug-likeness (QED) is 0.678. The summed E-state index contributed by atoms with van der Waals surface area (Å²) in [6.07, 6.45) is -4.25. The number of alkyl halides is 3. The van der Waals surface area contributed by atoms with Crippen molar-refractivity contribution in [3.05, 3.63) is 29.8 Å². The van der Waals surface area contributed by atoms with Crippen LogP contribution in [-0.4, -0.2) is 17.0 Å². The average Bonchev–Trinajstić information content (AvgIpc) is 3.08. The van der Waals surface area contributed by atoms with E-state index >= 15 is 0 Å². The molecule has 102 valence electrons. The van der Waals surface area contributed by atoms with Crippen molar-refractivity contribution in [1.82, 2.24) is 0 Å². The lowest BCUT2D eigenvalue weighted by Crippen LogP contribution is -2.14. The van der Waals surface area contributed by atoms with Crippen LogP contribution in [0.15, 0.2) is 24.3 Å². The lowest BCUT2D eigenvalue weighted by molar-refractivity contribution is -0.143. The van der Waals surface area contributed by atoms with E-state index in [4.69, 9.17) is 9.84 Å². The number of hydrogen-bond donors (Lipinski definition) is 1. The van der Waals surface area contributed by atoms with Crippen LogP contribution in [0.5, 0.6) is 5.75 Å². The zero-order valence-electron chi connectivity index (χ0n) is 9.48. The molecule has 0 spiro atoms. The van der Waals surface area contributed by atoms with Gasteiger partial charge in [-0.05, 0) is 30.7 Å². The molecule has 1 aromatic carbocycles. The Hall–Kier alpha value is -2.05.